The minimum atomic E-state index is -4.20. The standard InChI is InChI=1S/C12H16F3N/c1-8-4-5-10(6-9(8)2)7-11(16-3)12(13,14)15/h4-6,11,16H,7H2,1-3H3. The first kappa shape index (κ1) is 13.0. The normalized spacial score (nSPS) is 13.9. The molecular formula is C12H16F3N. The lowest BCUT2D eigenvalue weighted by atomic mass is 10.0. The second-order valence-electron chi connectivity index (χ2n) is 4.01. The van der Waals surface area contributed by atoms with E-state index in [0.717, 1.165) is 11.1 Å². The molecule has 0 aromatic heterocycles. The van der Waals surface area contributed by atoms with Crippen LogP contribution < -0.4 is 5.32 Å². The summed E-state index contributed by atoms with van der Waals surface area (Å²) in [6, 6.07) is 3.94. The Bertz CT molecular complexity index is 358. The van der Waals surface area contributed by atoms with Gasteiger partial charge in [0.25, 0.3) is 0 Å². The highest BCUT2D eigenvalue weighted by molar-refractivity contribution is 5.30. The van der Waals surface area contributed by atoms with Crippen molar-refractivity contribution in [3.63, 3.8) is 0 Å². The Labute approximate surface area is 93.7 Å². The predicted octanol–water partition coefficient (Wildman–Crippen LogP) is 3.00. The summed E-state index contributed by atoms with van der Waals surface area (Å²) in [5.74, 6) is 0. The van der Waals surface area contributed by atoms with E-state index in [1.165, 1.54) is 7.05 Å². The van der Waals surface area contributed by atoms with Crippen molar-refractivity contribution in [3.05, 3.63) is 34.9 Å². The van der Waals surface area contributed by atoms with Crippen molar-refractivity contribution in [2.45, 2.75) is 32.5 Å². The zero-order chi connectivity index (χ0) is 12.3. The molecule has 0 aliphatic rings. The van der Waals surface area contributed by atoms with Crippen LogP contribution in [0.25, 0.3) is 0 Å². The SMILES string of the molecule is CNC(Cc1ccc(C)c(C)c1)C(F)(F)F. The zero-order valence-electron chi connectivity index (χ0n) is 9.65. The van der Waals surface area contributed by atoms with Crippen LogP contribution in [0.15, 0.2) is 18.2 Å². The van der Waals surface area contributed by atoms with Crippen LogP contribution in [0.3, 0.4) is 0 Å². The molecule has 0 heterocycles. The summed E-state index contributed by atoms with van der Waals surface area (Å²) < 4.78 is 37.6. The molecule has 0 spiro atoms. The summed E-state index contributed by atoms with van der Waals surface area (Å²) in [5.41, 5.74) is 2.83. The van der Waals surface area contributed by atoms with E-state index in [9.17, 15) is 13.2 Å². The van der Waals surface area contributed by atoms with Crippen molar-refractivity contribution in [3.8, 4) is 0 Å². The molecule has 0 amide bonds. The fourth-order valence-corrected chi connectivity index (χ4v) is 1.55. The molecule has 0 aliphatic heterocycles. The van der Waals surface area contributed by atoms with Gasteiger partial charge in [-0.3, -0.25) is 0 Å². The molecule has 0 bridgehead atoms. The number of nitrogens with one attached hydrogen (secondary N) is 1. The summed E-state index contributed by atoms with van der Waals surface area (Å²) in [6.07, 6.45) is -4.23. The first-order chi connectivity index (χ1) is 7.34. The van der Waals surface area contributed by atoms with Crippen molar-refractivity contribution in [1.82, 2.24) is 5.32 Å². The molecule has 0 aliphatic carbocycles. The number of hydrogen-bond donors (Lipinski definition) is 1. The molecule has 0 saturated heterocycles. The minimum Gasteiger partial charge on any atom is -0.309 e. The molecule has 0 saturated carbocycles. The molecule has 0 fully saturated rings. The average Bonchev–Trinajstić information content (AvgIpc) is 2.18. The Balaban J connectivity index is 2.83. The van der Waals surface area contributed by atoms with Gasteiger partial charge in [-0.15, -0.1) is 0 Å². The van der Waals surface area contributed by atoms with Crippen LogP contribution >= 0.6 is 0 Å². The molecule has 1 rings (SSSR count). The van der Waals surface area contributed by atoms with Crippen LogP contribution in [0.5, 0.6) is 0 Å². The number of likely N-dealkylation sites (N-methyl/N-ethyl adjacent to an activating group) is 1. The number of hydrogen-bond acceptors (Lipinski definition) is 1. The minimum absolute atomic E-state index is 0.0267. The third-order valence-corrected chi connectivity index (χ3v) is 2.75. The van der Waals surface area contributed by atoms with E-state index in [2.05, 4.69) is 5.32 Å². The monoisotopic (exact) mass is 231 g/mol. The smallest absolute Gasteiger partial charge is 0.309 e. The van der Waals surface area contributed by atoms with Crippen LogP contribution in [0.2, 0.25) is 0 Å². The lowest BCUT2D eigenvalue weighted by molar-refractivity contribution is -0.154. The van der Waals surface area contributed by atoms with Crippen LogP contribution in [0, 0.1) is 13.8 Å². The van der Waals surface area contributed by atoms with E-state index in [1.54, 1.807) is 6.07 Å². The Morgan fingerprint density at radius 1 is 1.19 bits per heavy atom. The van der Waals surface area contributed by atoms with Gasteiger partial charge in [-0.05, 0) is 44.0 Å². The van der Waals surface area contributed by atoms with E-state index in [1.807, 2.05) is 26.0 Å². The number of aryl methyl sites for hydroxylation is 2. The van der Waals surface area contributed by atoms with E-state index >= 15 is 0 Å². The molecule has 0 radical (unpaired) electrons. The molecular weight excluding hydrogens is 215 g/mol. The number of alkyl halides is 3. The van der Waals surface area contributed by atoms with Gasteiger partial charge >= 0.3 is 6.18 Å². The summed E-state index contributed by atoms with van der Waals surface area (Å²) in [6.45, 7) is 3.85. The molecule has 1 nitrogen and oxygen atoms in total. The van der Waals surface area contributed by atoms with Gasteiger partial charge in [0, 0.05) is 0 Å². The van der Waals surface area contributed by atoms with Crippen molar-refractivity contribution >= 4 is 0 Å². The van der Waals surface area contributed by atoms with Crippen LogP contribution in [0.1, 0.15) is 16.7 Å². The molecule has 4 heteroatoms. The lowest BCUT2D eigenvalue weighted by Crippen LogP contribution is -2.41. The number of halogens is 3. The first-order valence-electron chi connectivity index (χ1n) is 5.14. The highest BCUT2D eigenvalue weighted by atomic mass is 19.4. The maximum Gasteiger partial charge on any atom is 0.404 e. The van der Waals surface area contributed by atoms with Crippen LogP contribution in [-0.2, 0) is 6.42 Å². The summed E-state index contributed by atoms with van der Waals surface area (Å²) in [7, 11) is 1.33. The van der Waals surface area contributed by atoms with Crippen LogP contribution in [0.4, 0.5) is 13.2 Å². The molecule has 1 aromatic carbocycles. The third-order valence-electron chi connectivity index (χ3n) is 2.75. The fraction of sp³-hybridized carbons (Fsp3) is 0.500. The van der Waals surface area contributed by atoms with Crippen molar-refractivity contribution in [2.24, 2.45) is 0 Å². The van der Waals surface area contributed by atoms with E-state index in [-0.39, 0.29) is 6.42 Å². The van der Waals surface area contributed by atoms with Gasteiger partial charge < -0.3 is 5.32 Å². The Hall–Kier alpha value is -1.03. The quantitative estimate of drug-likeness (QED) is 0.843. The van der Waals surface area contributed by atoms with E-state index in [4.69, 9.17) is 0 Å². The zero-order valence-corrected chi connectivity index (χ0v) is 9.65. The largest absolute Gasteiger partial charge is 0.404 e. The van der Waals surface area contributed by atoms with Crippen molar-refractivity contribution in [2.75, 3.05) is 7.05 Å². The van der Waals surface area contributed by atoms with Gasteiger partial charge in [-0.25, -0.2) is 0 Å². The fourth-order valence-electron chi connectivity index (χ4n) is 1.55. The van der Waals surface area contributed by atoms with Gasteiger partial charge in [0.15, 0.2) is 0 Å². The molecule has 16 heavy (non-hydrogen) atoms. The molecule has 1 aromatic rings. The van der Waals surface area contributed by atoms with E-state index < -0.39 is 12.2 Å². The van der Waals surface area contributed by atoms with Crippen molar-refractivity contribution in [1.29, 1.82) is 0 Å². The average molecular weight is 231 g/mol. The first-order valence-corrected chi connectivity index (χ1v) is 5.14. The topological polar surface area (TPSA) is 12.0 Å². The molecule has 1 N–H and O–H groups in total. The van der Waals surface area contributed by atoms with E-state index in [0.29, 0.717) is 5.56 Å². The Morgan fingerprint density at radius 2 is 1.81 bits per heavy atom. The summed E-state index contributed by atoms with van der Waals surface area (Å²) in [5, 5.41) is 2.30. The van der Waals surface area contributed by atoms with Crippen LogP contribution in [-0.4, -0.2) is 19.3 Å². The Kier molecular flexibility index (Phi) is 3.97. The summed E-state index contributed by atoms with van der Waals surface area (Å²) >= 11 is 0. The number of rotatable bonds is 3. The Morgan fingerprint density at radius 3 is 2.25 bits per heavy atom. The highest BCUT2D eigenvalue weighted by Crippen LogP contribution is 2.23. The third kappa shape index (κ3) is 3.23. The molecule has 1 atom stereocenters. The van der Waals surface area contributed by atoms with Gasteiger partial charge in [-0.2, -0.15) is 13.2 Å². The maximum absolute atomic E-state index is 12.5. The lowest BCUT2D eigenvalue weighted by Gasteiger charge is -2.19. The predicted molar refractivity (Wildman–Crippen MR) is 58.5 cm³/mol. The molecule has 1 unspecified atom stereocenters. The van der Waals surface area contributed by atoms with Crippen molar-refractivity contribution < 1.29 is 13.2 Å². The number of benzene rings is 1. The molecule has 90 valence electrons. The van der Waals surface area contributed by atoms with Gasteiger partial charge in [0.1, 0.15) is 6.04 Å². The second-order valence-corrected chi connectivity index (χ2v) is 4.01. The highest BCUT2D eigenvalue weighted by Gasteiger charge is 2.38. The van der Waals surface area contributed by atoms with Gasteiger partial charge in [-0.1, -0.05) is 18.2 Å². The van der Waals surface area contributed by atoms with Gasteiger partial charge in [0.2, 0.25) is 0 Å². The summed E-state index contributed by atoms with van der Waals surface area (Å²) in [4.78, 5) is 0. The second kappa shape index (κ2) is 4.87. The van der Waals surface area contributed by atoms with Gasteiger partial charge in [0.05, 0.1) is 0 Å². The maximum atomic E-state index is 12.5.